The van der Waals surface area contributed by atoms with Gasteiger partial charge in [0.15, 0.2) is 0 Å². The van der Waals surface area contributed by atoms with Gasteiger partial charge < -0.3 is 15.8 Å². The number of hydrogen-bond acceptors (Lipinski definition) is 4. The average Bonchev–Trinajstić information content (AvgIpc) is 2.46. The van der Waals surface area contributed by atoms with E-state index in [4.69, 9.17) is 27.7 Å². The van der Waals surface area contributed by atoms with Crippen LogP contribution in [-0.2, 0) is 17.6 Å². The lowest BCUT2D eigenvalue weighted by molar-refractivity contribution is 0.0657. The number of hydrogen-bond donors (Lipinski definition) is 2. The quantitative estimate of drug-likeness (QED) is 0.841. The second-order valence-corrected chi connectivity index (χ2v) is 6.80. The number of anilines is 1. The van der Waals surface area contributed by atoms with Crippen LogP contribution in [0.15, 0.2) is 6.07 Å². The molecule has 1 aliphatic carbocycles. The van der Waals surface area contributed by atoms with Gasteiger partial charge in [0.1, 0.15) is 10.8 Å². The summed E-state index contributed by atoms with van der Waals surface area (Å²) in [4.78, 5) is 5.28. The van der Waals surface area contributed by atoms with E-state index in [2.05, 4.69) is 18.3 Å². The molecule has 3 rings (SSSR count). The number of thiocarbonyl (C=S) groups is 1. The molecule has 5 heteroatoms. The minimum absolute atomic E-state index is 0.00763. The smallest absolute Gasteiger partial charge is 0.136 e. The Balaban J connectivity index is 1.94. The van der Waals surface area contributed by atoms with E-state index in [1.807, 2.05) is 0 Å². The predicted molar refractivity (Wildman–Crippen MR) is 88.8 cm³/mol. The monoisotopic (exact) mass is 305 g/mol. The first kappa shape index (κ1) is 14.7. The molecule has 2 heterocycles. The summed E-state index contributed by atoms with van der Waals surface area (Å²) >= 11 is 5.23. The number of nitrogens with two attached hydrogens (primary N) is 1. The molecular formula is C16H23N3OS. The van der Waals surface area contributed by atoms with Crippen LogP contribution in [0.5, 0.6) is 0 Å². The molecule has 2 aliphatic rings. The molecule has 1 aromatic rings. The van der Waals surface area contributed by atoms with E-state index < -0.39 is 0 Å². The third-order valence-corrected chi connectivity index (χ3v) is 4.80. The highest BCUT2D eigenvalue weighted by molar-refractivity contribution is 7.80. The van der Waals surface area contributed by atoms with Crippen molar-refractivity contribution in [1.29, 1.82) is 0 Å². The summed E-state index contributed by atoms with van der Waals surface area (Å²) in [6.07, 6.45) is 6.54. The molecule has 0 bridgehead atoms. The topological polar surface area (TPSA) is 60.2 Å². The van der Waals surface area contributed by atoms with E-state index in [0.29, 0.717) is 4.99 Å². The fourth-order valence-corrected chi connectivity index (χ4v) is 3.31. The lowest BCUT2D eigenvalue weighted by Gasteiger charge is -2.36. The van der Waals surface area contributed by atoms with E-state index in [1.165, 1.54) is 24.1 Å². The fraction of sp³-hybridized carbons (Fsp3) is 0.625. The summed E-state index contributed by atoms with van der Waals surface area (Å²) in [6, 6.07) is 2.15. The zero-order chi connectivity index (χ0) is 14.9. The third-order valence-electron chi connectivity index (χ3n) is 4.58. The van der Waals surface area contributed by atoms with Gasteiger partial charge in [-0.05, 0) is 57.1 Å². The van der Waals surface area contributed by atoms with Gasteiger partial charge in [-0.15, -0.1) is 0 Å². The SMILES string of the molecule is CC1(Nc2nc3c(cc2C(N)=S)CCCC3)CCOCC1. The van der Waals surface area contributed by atoms with Gasteiger partial charge in [0.05, 0.1) is 5.56 Å². The summed E-state index contributed by atoms with van der Waals surface area (Å²) in [6.45, 7) is 3.80. The Kier molecular flexibility index (Phi) is 4.13. The normalized spacial score (nSPS) is 20.6. The number of aryl methyl sites for hydroxylation is 2. The first-order valence-corrected chi connectivity index (χ1v) is 8.17. The van der Waals surface area contributed by atoms with Gasteiger partial charge in [0.25, 0.3) is 0 Å². The summed E-state index contributed by atoms with van der Waals surface area (Å²) in [5, 5.41) is 3.60. The van der Waals surface area contributed by atoms with Crippen molar-refractivity contribution in [2.45, 2.75) is 51.0 Å². The Morgan fingerprint density at radius 2 is 2.05 bits per heavy atom. The van der Waals surface area contributed by atoms with Crippen LogP contribution in [0.3, 0.4) is 0 Å². The molecule has 21 heavy (non-hydrogen) atoms. The number of nitrogens with zero attached hydrogens (tertiary/aromatic N) is 1. The van der Waals surface area contributed by atoms with Crippen molar-refractivity contribution in [2.75, 3.05) is 18.5 Å². The Bertz CT molecular complexity index is 553. The van der Waals surface area contributed by atoms with E-state index in [0.717, 1.165) is 50.3 Å². The van der Waals surface area contributed by atoms with E-state index in [9.17, 15) is 0 Å². The minimum Gasteiger partial charge on any atom is -0.389 e. The highest BCUT2D eigenvalue weighted by Gasteiger charge is 2.29. The highest BCUT2D eigenvalue weighted by atomic mass is 32.1. The van der Waals surface area contributed by atoms with Gasteiger partial charge in [-0.2, -0.15) is 0 Å². The van der Waals surface area contributed by atoms with Crippen molar-refractivity contribution in [3.63, 3.8) is 0 Å². The average molecular weight is 305 g/mol. The Morgan fingerprint density at radius 1 is 1.33 bits per heavy atom. The van der Waals surface area contributed by atoms with Crippen molar-refractivity contribution >= 4 is 23.0 Å². The Morgan fingerprint density at radius 3 is 2.76 bits per heavy atom. The number of aromatic nitrogens is 1. The van der Waals surface area contributed by atoms with Crippen LogP contribution in [0.1, 0.15) is 49.4 Å². The van der Waals surface area contributed by atoms with Crippen LogP contribution in [0.25, 0.3) is 0 Å². The number of pyridine rings is 1. The molecule has 0 atom stereocenters. The molecule has 0 spiro atoms. The van der Waals surface area contributed by atoms with E-state index >= 15 is 0 Å². The van der Waals surface area contributed by atoms with Gasteiger partial charge >= 0.3 is 0 Å². The number of ether oxygens (including phenoxy) is 1. The standard InChI is InChI=1S/C16H23N3OS/c1-16(6-8-20-9-7-16)19-15-12(14(17)21)10-11-4-2-3-5-13(11)18-15/h10H,2-9H2,1H3,(H2,17,21)(H,18,19). The van der Waals surface area contributed by atoms with Gasteiger partial charge in [-0.3, -0.25) is 0 Å². The van der Waals surface area contributed by atoms with Gasteiger partial charge in [0.2, 0.25) is 0 Å². The minimum atomic E-state index is 0.00763. The number of nitrogens with one attached hydrogen (secondary N) is 1. The van der Waals surface area contributed by atoms with E-state index in [1.54, 1.807) is 0 Å². The second-order valence-electron chi connectivity index (χ2n) is 6.36. The van der Waals surface area contributed by atoms with Crippen molar-refractivity contribution in [2.24, 2.45) is 5.73 Å². The first-order chi connectivity index (χ1) is 10.1. The highest BCUT2D eigenvalue weighted by Crippen LogP contribution is 2.29. The zero-order valence-electron chi connectivity index (χ0n) is 12.6. The molecule has 4 nitrogen and oxygen atoms in total. The van der Waals surface area contributed by atoms with Gasteiger partial charge in [-0.25, -0.2) is 4.98 Å². The molecule has 0 unspecified atom stereocenters. The van der Waals surface area contributed by atoms with Crippen LogP contribution in [-0.4, -0.2) is 28.7 Å². The summed E-state index contributed by atoms with van der Waals surface area (Å²) in [5.74, 6) is 0.854. The van der Waals surface area contributed by atoms with Crippen LogP contribution in [0, 0.1) is 0 Å². The van der Waals surface area contributed by atoms with Crippen LogP contribution in [0.4, 0.5) is 5.82 Å². The summed E-state index contributed by atoms with van der Waals surface area (Å²) in [5.41, 5.74) is 9.34. The van der Waals surface area contributed by atoms with Crippen molar-refractivity contribution in [3.8, 4) is 0 Å². The van der Waals surface area contributed by atoms with Crippen LogP contribution >= 0.6 is 12.2 Å². The third kappa shape index (κ3) is 3.19. The van der Waals surface area contributed by atoms with Crippen molar-refractivity contribution in [1.82, 2.24) is 4.98 Å². The predicted octanol–water partition coefficient (Wildman–Crippen LogP) is 2.58. The molecule has 1 saturated heterocycles. The molecule has 114 valence electrons. The maximum Gasteiger partial charge on any atom is 0.136 e. The fourth-order valence-electron chi connectivity index (χ4n) is 3.15. The van der Waals surface area contributed by atoms with E-state index in [-0.39, 0.29) is 5.54 Å². The summed E-state index contributed by atoms with van der Waals surface area (Å²) < 4.78 is 5.46. The van der Waals surface area contributed by atoms with Crippen LogP contribution < -0.4 is 11.1 Å². The molecule has 0 radical (unpaired) electrons. The number of rotatable bonds is 3. The molecule has 3 N–H and O–H groups in total. The molecule has 0 saturated carbocycles. The van der Waals surface area contributed by atoms with Gasteiger partial charge in [-0.1, -0.05) is 12.2 Å². The molecule has 0 amide bonds. The molecule has 0 aromatic carbocycles. The summed E-state index contributed by atoms with van der Waals surface area (Å²) in [7, 11) is 0. The maximum atomic E-state index is 5.92. The Hall–Kier alpha value is -1.20. The molecular weight excluding hydrogens is 282 g/mol. The maximum absolute atomic E-state index is 5.92. The molecule has 1 fully saturated rings. The lowest BCUT2D eigenvalue weighted by atomic mass is 9.91. The molecule has 1 aliphatic heterocycles. The second kappa shape index (κ2) is 5.89. The lowest BCUT2D eigenvalue weighted by Crippen LogP contribution is -2.41. The van der Waals surface area contributed by atoms with Crippen LogP contribution in [0.2, 0.25) is 0 Å². The molecule has 1 aromatic heterocycles. The number of fused-ring (bicyclic) bond motifs is 1. The Labute approximate surface area is 131 Å². The van der Waals surface area contributed by atoms with Crippen molar-refractivity contribution in [3.05, 3.63) is 22.9 Å². The first-order valence-electron chi connectivity index (χ1n) is 7.76. The zero-order valence-corrected chi connectivity index (χ0v) is 13.4. The van der Waals surface area contributed by atoms with Gasteiger partial charge in [0, 0.05) is 24.4 Å². The largest absolute Gasteiger partial charge is 0.389 e. The van der Waals surface area contributed by atoms with Crippen molar-refractivity contribution < 1.29 is 4.74 Å².